The van der Waals surface area contributed by atoms with Crippen LogP contribution in [-0.4, -0.2) is 25.8 Å². The molecule has 0 spiro atoms. The molecule has 2 aliphatic rings. The van der Waals surface area contributed by atoms with Crippen LogP contribution < -0.4 is 5.32 Å². The Kier molecular flexibility index (Phi) is 6.50. The smallest absolute Gasteiger partial charge is 0.0622 e. The van der Waals surface area contributed by atoms with Gasteiger partial charge in [0.05, 0.1) is 6.61 Å². The van der Waals surface area contributed by atoms with E-state index in [9.17, 15) is 0 Å². The lowest BCUT2D eigenvalue weighted by molar-refractivity contribution is 0.0691. The van der Waals surface area contributed by atoms with E-state index in [1.165, 1.54) is 57.8 Å². The largest absolute Gasteiger partial charge is 0.380 e. The van der Waals surface area contributed by atoms with E-state index in [0.717, 1.165) is 31.6 Å². The van der Waals surface area contributed by atoms with Crippen molar-refractivity contribution < 1.29 is 4.74 Å². The van der Waals surface area contributed by atoms with Gasteiger partial charge in [-0.1, -0.05) is 32.6 Å². The quantitative estimate of drug-likeness (QED) is 0.711. The number of hydrogen-bond acceptors (Lipinski definition) is 2. The van der Waals surface area contributed by atoms with E-state index in [4.69, 9.17) is 4.74 Å². The van der Waals surface area contributed by atoms with Crippen LogP contribution in [0.5, 0.6) is 0 Å². The second kappa shape index (κ2) is 8.16. The molecule has 0 bridgehead atoms. The Balaban J connectivity index is 1.66. The van der Waals surface area contributed by atoms with E-state index in [1.807, 2.05) is 0 Å². The van der Waals surface area contributed by atoms with Gasteiger partial charge >= 0.3 is 0 Å². The molecule has 1 atom stereocenters. The molecule has 0 aliphatic heterocycles. The first kappa shape index (κ1) is 14.3. The molecule has 0 aromatic carbocycles. The predicted molar refractivity (Wildman–Crippen MR) is 76.8 cm³/mol. The summed E-state index contributed by atoms with van der Waals surface area (Å²) in [6.45, 7) is 5.35. The molecule has 2 heteroatoms. The van der Waals surface area contributed by atoms with E-state index < -0.39 is 0 Å². The van der Waals surface area contributed by atoms with Gasteiger partial charge in [-0.05, 0) is 50.5 Å². The highest BCUT2D eigenvalue weighted by molar-refractivity contribution is 4.80. The zero-order valence-electron chi connectivity index (χ0n) is 12.1. The van der Waals surface area contributed by atoms with Crippen LogP contribution in [0.15, 0.2) is 0 Å². The first-order chi connectivity index (χ1) is 8.90. The summed E-state index contributed by atoms with van der Waals surface area (Å²) in [5.41, 5.74) is 0. The van der Waals surface area contributed by atoms with E-state index in [-0.39, 0.29) is 0 Å². The number of nitrogens with one attached hydrogen (secondary N) is 1. The molecule has 1 unspecified atom stereocenters. The van der Waals surface area contributed by atoms with Crippen molar-refractivity contribution in [1.29, 1.82) is 0 Å². The van der Waals surface area contributed by atoms with Crippen molar-refractivity contribution in [2.45, 2.75) is 70.8 Å². The first-order valence-corrected chi connectivity index (χ1v) is 8.21. The third-order valence-electron chi connectivity index (χ3n) is 4.75. The van der Waals surface area contributed by atoms with Crippen LogP contribution in [0.2, 0.25) is 0 Å². The van der Waals surface area contributed by atoms with Gasteiger partial charge < -0.3 is 10.1 Å². The van der Waals surface area contributed by atoms with Crippen molar-refractivity contribution in [2.75, 3.05) is 19.8 Å². The summed E-state index contributed by atoms with van der Waals surface area (Å²) < 4.78 is 6.03. The summed E-state index contributed by atoms with van der Waals surface area (Å²) in [6, 6.07) is 0.619. The SMILES string of the molecule is CCCNC(COCC1CCCC1)C1CCCC1. The summed E-state index contributed by atoms with van der Waals surface area (Å²) in [7, 11) is 0. The lowest BCUT2D eigenvalue weighted by Gasteiger charge is -2.25. The minimum absolute atomic E-state index is 0.619. The van der Waals surface area contributed by atoms with E-state index >= 15 is 0 Å². The highest BCUT2D eigenvalue weighted by Gasteiger charge is 2.25. The molecule has 1 N–H and O–H groups in total. The molecule has 2 rings (SSSR count). The van der Waals surface area contributed by atoms with E-state index in [1.54, 1.807) is 0 Å². The van der Waals surface area contributed by atoms with Crippen LogP contribution in [0.4, 0.5) is 0 Å². The lowest BCUT2D eigenvalue weighted by atomic mass is 9.98. The summed E-state index contributed by atoms with van der Waals surface area (Å²) in [6.07, 6.45) is 12.6. The average Bonchev–Trinajstić information content (AvgIpc) is 3.05. The minimum atomic E-state index is 0.619. The molecule has 2 nitrogen and oxygen atoms in total. The summed E-state index contributed by atoms with van der Waals surface area (Å²) in [5, 5.41) is 3.71. The maximum absolute atomic E-state index is 6.03. The number of ether oxygens (including phenoxy) is 1. The van der Waals surface area contributed by atoms with Gasteiger partial charge in [-0.25, -0.2) is 0 Å². The molecule has 18 heavy (non-hydrogen) atoms. The van der Waals surface area contributed by atoms with Crippen molar-refractivity contribution >= 4 is 0 Å². The summed E-state index contributed by atoms with van der Waals surface area (Å²) >= 11 is 0. The average molecular weight is 253 g/mol. The highest BCUT2D eigenvalue weighted by Crippen LogP contribution is 2.29. The van der Waals surface area contributed by atoms with Crippen LogP contribution >= 0.6 is 0 Å². The number of rotatable bonds is 8. The Bertz CT molecular complexity index is 207. The molecular formula is C16H31NO. The van der Waals surface area contributed by atoms with E-state index in [0.29, 0.717) is 6.04 Å². The fraction of sp³-hybridized carbons (Fsp3) is 1.00. The fourth-order valence-electron chi connectivity index (χ4n) is 3.59. The van der Waals surface area contributed by atoms with E-state index in [2.05, 4.69) is 12.2 Å². The van der Waals surface area contributed by atoms with Crippen molar-refractivity contribution in [1.82, 2.24) is 5.32 Å². The molecule has 2 aliphatic carbocycles. The van der Waals surface area contributed by atoms with Gasteiger partial charge in [0.15, 0.2) is 0 Å². The maximum atomic E-state index is 6.03. The Morgan fingerprint density at radius 2 is 1.72 bits per heavy atom. The molecule has 0 saturated heterocycles. The second-order valence-electron chi connectivity index (χ2n) is 6.29. The van der Waals surface area contributed by atoms with Crippen molar-refractivity contribution in [2.24, 2.45) is 11.8 Å². The van der Waals surface area contributed by atoms with Gasteiger partial charge in [0, 0.05) is 12.6 Å². The van der Waals surface area contributed by atoms with Crippen LogP contribution in [0, 0.1) is 11.8 Å². The van der Waals surface area contributed by atoms with Gasteiger partial charge in [0.2, 0.25) is 0 Å². The molecule has 0 radical (unpaired) electrons. The van der Waals surface area contributed by atoms with Gasteiger partial charge in [-0.15, -0.1) is 0 Å². The summed E-state index contributed by atoms with van der Waals surface area (Å²) in [4.78, 5) is 0. The molecular weight excluding hydrogens is 222 g/mol. The summed E-state index contributed by atoms with van der Waals surface area (Å²) in [5.74, 6) is 1.74. The molecule has 2 fully saturated rings. The monoisotopic (exact) mass is 253 g/mol. The highest BCUT2D eigenvalue weighted by atomic mass is 16.5. The van der Waals surface area contributed by atoms with Crippen LogP contribution in [0.25, 0.3) is 0 Å². The first-order valence-electron chi connectivity index (χ1n) is 8.21. The molecule has 2 saturated carbocycles. The standard InChI is InChI=1S/C16H31NO/c1-2-11-17-16(15-9-5-6-10-15)13-18-12-14-7-3-4-8-14/h14-17H,2-13H2,1H3. The Morgan fingerprint density at radius 1 is 1.06 bits per heavy atom. The zero-order chi connectivity index (χ0) is 12.6. The molecule has 0 aromatic rings. The number of hydrogen-bond donors (Lipinski definition) is 1. The van der Waals surface area contributed by atoms with Crippen LogP contribution in [-0.2, 0) is 4.74 Å². The lowest BCUT2D eigenvalue weighted by Crippen LogP contribution is -2.40. The fourth-order valence-corrected chi connectivity index (χ4v) is 3.59. The van der Waals surface area contributed by atoms with Gasteiger partial charge in [-0.3, -0.25) is 0 Å². The molecule has 0 aromatic heterocycles. The second-order valence-corrected chi connectivity index (χ2v) is 6.29. The Hall–Kier alpha value is -0.0800. The van der Waals surface area contributed by atoms with Crippen molar-refractivity contribution in [3.8, 4) is 0 Å². The minimum Gasteiger partial charge on any atom is -0.380 e. The Labute approximate surface area is 113 Å². The molecule has 0 heterocycles. The van der Waals surface area contributed by atoms with Crippen molar-refractivity contribution in [3.63, 3.8) is 0 Å². The third-order valence-corrected chi connectivity index (χ3v) is 4.75. The third kappa shape index (κ3) is 4.55. The van der Waals surface area contributed by atoms with Gasteiger partial charge in [0.25, 0.3) is 0 Å². The normalized spacial score (nSPS) is 23.8. The van der Waals surface area contributed by atoms with Crippen molar-refractivity contribution in [3.05, 3.63) is 0 Å². The molecule has 106 valence electrons. The van der Waals surface area contributed by atoms with Gasteiger partial charge in [-0.2, -0.15) is 0 Å². The zero-order valence-corrected chi connectivity index (χ0v) is 12.1. The topological polar surface area (TPSA) is 21.3 Å². The van der Waals surface area contributed by atoms with Crippen LogP contribution in [0.3, 0.4) is 0 Å². The predicted octanol–water partition coefficient (Wildman–Crippen LogP) is 3.75. The molecule has 0 amide bonds. The Morgan fingerprint density at radius 3 is 2.39 bits per heavy atom. The van der Waals surface area contributed by atoms with Crippen LogP contribution in [0.1, 0.15) is 64.7 Å². The van der Waals surface area contributed by atoms with Gasteiger partial charge in [0.1, 0.15) is 0 Å². The maximum Gasteiger partial charge on any atom is 0.0622 e.